The van der Waals surface area contributed by atoms with Crippen LogP contribution < -0.4 is 10.6 Å². The molecule has 0 fully saturated rings. The molecule has 0 rings (SSSR count). The van der Waals surface area contributed by atoms with Crippen LogP contribution in [0.15, 0.2) is 0 Å². The molecule has 0 radical (unpaired) electrons. The average Bonchev–Trinajstić information content (AvgIpc) is 2.44. The van der Waals surface area contributed by atoms with Gasteiger partial charge in [-0.25, -0.2) is 0 Å². The Hall–Kier alpha value is -0.690. The Kier molecular flexibility index (Phi) is 15.8. The molecule has 0 aliphatic carbocycles. The van der Waals surface area contributed by atoms with Crippen LogP contribution in [0.2, 0.25) is 0 Å². The second-order valence-electron chi connectivity index (χ2n) is 4.32. The number of unbranched alkanes of at least 4 members (excludes halogenated alkanes) is 1. The fourth-order valence-electron chi connectivity index (χ4n) is 1.39. The summed E-state index contributed by atoms with van der Waals surface area (Å²) >= 11 is 0. The summed E-state index contributed by atoms with van der Waals surface area (Å²) in [6, 6.07) is 0. The van der Waals surface area contributed by atoms with Gasteiger partial charge in [-0.3, -0.25) is 4.79 Å². The molecule has 1 amide bonds. The van der Waals surface area contributed by atoms with Crippen LogP contribution in [0.1, 0.15) is 26.7 Å². The predicted octanol–water partition coefficient (Wildman–Crippen LogP) is 0.562. The van der Waals surface area contributed by atoms with Gasteiger partial charge in [0.1, 0.15) is 0 Å². The second kappa shape index (κ2) is 16.4. The highest BCUT2D eigenvalue weighted by Crippen LogP contribution is 1.87. The molecule has 20 heavy (non-hydrogen) atoms. The first-order valence-corrected chi connectivity index (χ1v) is 7.51. The van der Waals surface area contributed by atoms with Gasteiger partial charge < -0.3 is 24.8 Å². The van der Waals surface area contributed by atoms with E-state index in [1.165, 1.54) is 0 Å². The molecular weight excluding hydrogens is 260 g/mol. The van der Waals surface area contributed by atoms with Gasteiger partial charge in [0.25, 0.3) is 0 Å². The Morgan fingerprint density at radius 3 is 2.10 bits per heavy atom. The Morgan fingerprint density at radius 2 is 1.50 bits per heavy atom. The molecule has 0 bridgehead atoms. The van der Waals surface area contributed by atoms with E-state index < -0.39 is 0 Å². The van der Waals surface area contributed by atoms with Crippen LogP contribution in [0.3, 0.4) is 0 Å². The number of amides is 1. The van der Waals surface area contributed by atoms with E-state index in [9.17, 15) is 4.79 Å². The monoisotopic (exact) mass is 290 g/mol. The molecule has 0 aliphatic heterocycles. The van der Waals surface area contributed by atoms with Crippen LogP contribution in [0.4, 0.5) is 0 Å². The molecule has 0 aromatic rings. The third kappa shape index (κ3) is 15.4. The van der Waals surface area contributed by atoms with Gasteiger partial charge in [-0.05, 0) is 13.3 Å². The van der Waals surface area contributed by atoms with Crippen molar-refractivity contribution in [3.05, 3.63) is 0 Å². The fourth-order valence-corrected chi connectivity index (χ4v) is 1.39. The van der Waals surface area contributed by atoms with Crippen molar-refractivity contribution >= 4 is 5.91 Å². The van der Waals surface area contributed by atoms with Crippen molar-refractivity contribution in [2.75, 3.05) is 59.3 Å². The summed E-state index contributed by atoms with van der Waals surface area (Å²) < 4.78 is 16.1. The Bertz CT molecular complexity index is 215. The molecule has 120 valence electrons. The van der Waals surface area contributed by atoms with Crippen molar-refractivity contribution in [1.29, 1.82) is 0 Å². The van der Waals surface area contributed by atoms with Gasteiger partial charge in [0, 0.05) is 19.7 Å². The zero-order chi connectivity index (χ0) is 14.9. The Labute approximate surface area is 122 Å². The summed E-state index contributed by atoms with van der Waals surface area (Å²) in [7, 11) is 0. The number of carbonyl (C=O) groups excluding carboxylic acids is 1. The number of hydrogen-bond donors (Lipinski definition) is 2. The molecule has 0 unspecified atom stereocenters. The number of rotatable bonds is 15. The molecule has 0 saturated carbocycles. The number of ether oxygens (including phenoxy) is 3. The minimum absolute atomic E-state index is 0.0129. The summed E-state index contributed by atoms with van der Waals surface area (Å²) in [6.45, 7) is 9.50. The van der Waals surface area contributed by atoms with Crippen molar-refractivity contribution in [1.82, 2.24) is 10.6 Å². The minimum atomic E-state index is 0.0129. The number of carbonyl (C=O) groups is 1. The van der Waals surface area contributed by atoms with Crippen LogP contribution in [-0.4, -0.2) is 65.2 Å². The molecule has 0 aliphatic rings. The standard InChI is InChI=1S/C14H30N2O4/c1-3-5-7-18-9-11-20-12-10-19-8-6-15-13-14(17)16-4-2/h15H,3-13H2,1-2H3,(H,16,17). The molecule has 0 aromatic heterocycles. The maximum atomic E-state index is 11.1. The largest absolute Gasteiger partial charge is 0.379 e. The van der Waals surface area contributed by atoms with Gasteiger partial charge in [-0.1, -0.05) is 13.3 Å². The summed E-state index contributed by atoms with van der Waals surface area (Å²) in [5.41, 5.74) is 0. The highest BCUT2D eigenvalue weighted by Gasteiger charge is 1.97. The van der Waals surface area contributed by atoms with Crippen molar-refractivity contribution in [3.8, 4) is 0 Å². The quantitative estimate of drug-likeness (QED) is 0.431. The lowest BCUT2D eigenvalue weighted by atomic mass is 10.4. The maximum Gasteiger partial charge on any atom is 0.233 e. The second-order valence-corrected chi connectivity index (χ2v) is 4.32. The van der Waals surface area contributed by atoms with Gasteiger partial charge in [0.05, 0.1) is 39.6 Å². The van der Waals surface area contributed by atoms with Crippen LogP contribution in [0.5, 0.6) is 0 Å². The summed E-state index contributed by atoms with van der Waals surface area (Å²) in [5, 5.41) is 5.72. The predicted molar refractivity (Wildman–Crippen MR) is 78.9 cm³/mol. The van der Waals surface area contributed by atoms with E-state index in [2.05, 4.69) is 17.6 Å². The molecule has 0 heterocycles. The van der Waals surface area contributed by atoms with Crippen molar-refractivity contribution in [2.24, 2.45) is 0 Å². The molecule has 2 N–H and O–H groups in total. The van der Waals surface area contributed by atoms with Crippen LogP contribution >= 0.6 is 0 Å². The van der Waals surface area contributed by atoms with Gasteiger partial charge >= 0.3 is 0 Å². The van der Waals surface area contributed by atoms with Crippen LogP contribution in [-0.2, 0) is 19.0 Å². The number of hydrogen-bond acceptors (Lipinski definition) is 5. The lowest BCUT2D eigenvalue weighted by Crippen LogP contribution is -2.35. The molecule has 0 saturated heterocycles. The zero-order valence-electron chi connectivity index (χ0n) is 12.9. The Morgan fingerprint density at radius 1 is 0.900 bits per heavy atom. The molecule has 6 heteroatoms. The summed E-state index contributed by atoms with van der Waals surface area (Å²) in [4.78, 5) is 11.1. The molecular formula is C14H30N2O4. The van der Waals surface area contributed by atoms with E-state index in [4.69, 9.17) is 14.2 Å². The SMILES string of the molecule is CCCCOCCOCCOCCNCC(=O)NCC. The number of likely N-dealkylation sites (N-methyl/N-ethyl adjacent to an activating group) is 1. The molecule has 0 atom stereocenters. The van der Waals surface area contributed by atoms with E-state index in [0.717, 1.165) is 19.4 Å². The van der Waals surface area contributed by atoms with E-state index in [1.54, 1.807) is 0 Å². The first-order valence-electron chi connectivity index (χ1n) is 7.51. The first-order chi connectivity index (χ1) is 9.81. The van der Waals surface area contributed by atoms with Crippen molar-refractivity contribution < 1.29 is 19.0 Å². The highest BCUT2D eigenvalue weighted by atomic mass is 16.5. The van der Waals surface area contributed by atoms with Crippen molar-refractivity contribution in [3.63, 3.8) is 0 Å². The van der Waals surface area contributed by atoms with E-state index >= 15 is 0 Å². The van der Waals surface area contributed by atoms with E-state index in [0.29, 0.717) is 52.7 Å². The first kappa shape index (κ1) is 19.3. The normalized spacial score (nSPS) is 10.7. The van der Waals surface area contributed by atoms with Gasteiger partial charge in [-0.2, -0.15) is 0 Å². The lowest BCUT2D eigenvalue weighted by molar-refractivity contribution is -0.120. The lowest BCUT2D eigenvalue weighted by Gasteiger charge is -2.07. The average molecular weight is 290 g/mol. The van der Waals surface area contributed by atoms with E-state index in [-0.39, 0.29) is 5.91 Å². The fraction of sp³-hybridized carbons (Fsp3) is 0.929. The topological polar surface area (TPSA) is 68.8 Å². The highest BCUT2D eigenvalue weighted by molar-refractivity contribution is 5.77. The third-order valence-electron chi connectivity index (χ3n) is 2.47. The number of nitrogens with one attached hydrogen (secondary N) is 2. The third-order valence-corrected chi connectivity index (χ3v) is 2.47. The van der Waals surface area contributed by atoms with Gasteiger partial charge in [-0.15, -0.1) is 0 Å². The Balaban J connectivity index is 3.01. The minimum Gasteiger partial charge on any atom is -0.379 e. The maximum absolute atomic E-state index is 11.1. The van der Waals surface area contributed by atoms with E-state index in [1.807, 2.05) is 6.92 Å². The summed E-state index contributed by atoms with van der Waals surface area (Å²) in [6.07, 6.45) is 2.26. The molecule has 0 aromatic carbocycles. The molecule has 6 nitrogen and oxygen atoms in total. The van der Waals surface area contributed by atoms with Crippen LogP contribution in [0.25, 0.3) is 0 Å². The van der Waals surface area contributed by atoms with Crippen LogP contribution in [0, 0.1) is 0 Å². The smallest absolute Gasteiger partial charge is 0.233 e. The zero-order valence-corrected chi connectivity index (χ0v) is 12.9. The summed E-state index contributed by atoms with van der Waals surface area (Å²) in [5.74, 6) is 0.0129. The molecule has 0 spiro atoms. The van der Waals surface area contributed by atoms with Gasteiger partial charge in [0.2, 0.25) is 5.91 Å². The van der Waals surface area contributed by atoms with Gasteiger partial charge in [0.15, 0.2) is 0 Å². The van der Waals surface area contributed by atoms with Crippen molar-refractivity contribution in [2.45, 2.75) is 26.7 Å².